The first-order chi connectivity index (χ1) is 26.3. The number of hydrogen-bond acceptors (Lipinski definition) is 8. The zero-order valence-corrected chi connectivity index (χ0v) is 32.9. The minimum absolute atomic E-state index is 0.113. The quantitative estimate of drug-likeness (QED) is 0.165. The van der Waals surface area contributed by atoms with E-state index in [0.29, 0.717) is 25.2 Å². The van der Waals surface area contributed by atoms with Crippen molar-refractivity contribution in [1.29, 1.82) is 0 Å². The zero-order valence-electron chi connectivity index (χ0n) is 32.9. The number of imidazole rings is 1. The topological polar surface area (TPSA) is 175 Å². The van der Waals surface area contributed by atoms with Gasteiger partial charge in [-0.2, -0.15) is 0 Å². The number of nitrogens with one attached hydrogen (secondary N) is 4. The number of H-pyrrole nitrogens is 1. The molecule has 2 aromatic carbocycles. The number of aromatic nitrogens is 2. The molecule has 2 heterocycles. The van der Waals surface area contributed by atoms with Gasteiger partial charge in [-0.3, -0.25) is 14.4 Å². The van der Waals surface area contributed by atoms with Crippen molar-refractivity contribution < 1.29 is 33.4 Å². The number of benzene rings is 2. The molecule has 1 saturated heterocycles. The van der Waals surface area contributed by atoms with Gasteiger partial charge in [0, 0.05) is 18.5 Å². The molecule has 0 radical (unpaired) electrons. The molecule has 5 amide bonds. The first-order valence-electron chi connectivity index (χ1n) is 19.2. The molecule has 14 heteroatoms. The lowest BCUT2D eigenvalue weighted by molar-refractivity contribution is -0.147. The number of methoxy groups -OCH3 is 2. The smallest absolute Gasteiger partial charge is 0.425 e. The number of carbonyl (C=O) groups excluding carboxylic acids is 5. The lowest BCUT2D eigenvalue weighted by atomic mass is 9.77. The Labute approximate surface area is 323 Å². The van der Waals surface area contributed by atoms with Crippen molar-refractivity contribution in [3.8, 4) is 22.4 Å². The fourth-order valence-corrected chi connectivity index (χ4v) is 7.56. The van der Waals surface area contributed by atoms with Crippen molar-refractivity contribution >= 4 is 29.9 Å². The third kappa shape index (κ3) is 9.65. The van der Waals surface area contributed by atoms with Crippen molar-refractivity contribution in [3.05, 3.63) is 66.1 Å². The Morgan fingerprint density at radius 1 is 0.782 bits per heavy atom. The van der Waals surface area contributed by atoms with E-state index in [1.807, 2.05) is 69.3 Å². The maximum atomic E-state index is 13.6. The van der Waals surface area contributed by atoms with Gasteiger partial charge in [-0.05, 0) is 74.6 Å². The molecule has 14 nitrogen and oxygen atoms in total. The van der Waals surface area contributed by atoms with Crippen LogP contribution in [0, 0.1) is 17.8 Å². The predicted octanol–water partition coefficient (Wildman–Crippen LogP) is 6.28. The molecular formula is C41H55N7O7. The van der Waals surface area contributed by atoms with Crippen molar-refractivity contribution in [2.24, 2.45) is 17.8 Å². The van der Waals surface area contributed by atoms with Crippen molar-refractivity contribution in [3.63, 3.8) is 0 Å². The van der Waals surface area contributed by atoms with Gasteiger partial charge >= 0.3 is 12.2 Å². The van der Waals surface area contributed by atoms with Crippen LogP contribution >= 0.6 is 0 Å². The molecule has 2 fully saturated rings. The lowest BCUT2D eigenvalue weighted by Gasteiger charge is -2.35. The summed E-state index contributed by atoms with van der Waals surface area (Å²) in [7, 11) is 2.53. The summed E-state index contributed by atoms with van der Waals surface area (Å²) < 4.78 is 9.45. The summed E-state index contributed by atoms with van der Waals surface area (Å²) in [6.07, 6.45) is 4.90. The van der Waals surface area contributed by atoms with Crippen molar-refractivity contribution in [2.75, 3.05) is 20.8 Å². The first kappa shape index (κ1) is 40.8. The van der Waals surface area contributed by atoms with Gasteiger partial charge in [0.1, 0.15) is 11.9 Å². The van der Waals surface area contributed by atoms with Crippen molar-refractivity contribution in [1.82, 2.24) is 35.9 Å². The van der Waals surface area contributed by atoms with E-state index in [1.165, 1.54) is 19.2 Å². The lowest BCUT2D eigenvalue weighted by Crippen LogP contribution is -2.54. The molecule has 0 bridgehead atoms. The molecule has 1 aliphatic heterocycles. The molecule has 2 aliphatic rings. The largest absolute Gasteiger partial charge is 0.453 e. The number of amides is 5. The Balaban J connectivity index is 1.21. The number of hydrogen-bond donors (Lipinski definition) is 4. The van der Waals surface area contributed by atoms with E-state index in [9.17, 15) is 24.0 Å². The molecule has 5 rings (SSSR count). The summed E-state index contributed by atoms with van der Waals surface area (Å²) in [5.74, 6) is -1.05. The van der Waals surface area contributed by atoms with Crippen LogP contribution in [0.15, 0.2) is 54.7 Å². The molecule has 55 heavy (non-hydrogen) atoms. The minimum atomic E-state index is -0.727. The Hall–Kier alpha value is -5.40. The molecule has 4 N–H and O–H groups in total. The molecule has 5 atom stereocenters. The molecule has 3 aromatic rings. The number of nitrogens with zero attached hydrogens (tertiary/aromatic N) is 3. The van der Waals surface area contributed by atoms with Crippen LogP contribution in [-0.4, -0.2) is 82.6 Å². The van der Waals surface area contributed by atoms with E-state index < -0.39 is 30.1 Å². The van der Waals surface area contributed by atoms with Crippen molar-refractivity contribution in [2.45, 2.75) is 97.3 Å². The summed E-state index contributed by atoms with van der Waals surface area (Å²) in [6.45, 7) is 9.90. The second-order valence-corrected chi connectivity index (χ2v) is 15.1. The third-order valence-electron chi connectivity index (χ3n) is 10.7. The SMILES string of the molecule is COC(=O)N[C@H](C(=O)N1CCC[C@H]1c1ncc(-c2ccc(-c3ccc([C@H](C)NC(=O)C4CCCCC4C(=O)N(NC(=O)OC)C(C)C)cc3)cc2)[nH]1)C(C)C. The average molecular weight is 758 g/mol. The monoisotopic (exact) mass is 757 g/mol. The zero-order chi connectivity index (χ0) is 39.8. The van der Waals surface area contributed by atoms with Gasteiger partial charge < -0.3 is 30.0 Å². The highest BCUT2D eigenvalue weighted by Crippen LogP contribution is 2.35. The summed E-state index contributed by atoms with van der Waals surface area (Å²) >= 11 is 0. The maximum Gasteiger partial charge on any atom is 0.425 e. The molecule has 1 aromatic heterocycles. The number of aromatic amines is 1. The molecule has 2 unspecified atom stereocenters. The number of rotatable bonds is 11. The summed E-state index contributed by atoms with van der Waals surface area (Å²) in [4.78, 5) is 74.4. The number of carbonyl (C=O) groups is 5. The van der Waals surface area contributed by atoms with E-state index in [1.54, 1.807) is 24.9 Å². The van der Waals surface area contributed by atoms with Gasteiger partial charge in [0.05, 0.1) is 44.1 Å². The second kappa shape index (κ2) is 18.3. The predicted molar refractivity (Wildman–Crippen MR) is 207 cm³/mol. The molecular weight excluding hydrogens is 702 g/mol. The fraction of sp³-hybridized carbons (Fsp3) is 0.512. The highest BCUT2D eigenvalue weighted by Gasteiger charge is 2.40. The highest BCUT2D eigenvalue weighted by atomic mass is 16.5. The average Bonchev–Trinajstić information content (AvgIpc) is 3.89. The Morgan fingerprint density at radius 3 is 1.98 bits per heavy atom. The Morgan fingerprint density at radius 2 is 1.38 bits per heavy atom. The van der Waals surface area contributed by atoms with Crippen LogP contribution in [0.3, 0.4) is 0 Å². The van der Waals surface area contributed by atoms with E-state index >= 15 is 0 Å². The van der Waals surface area contributed by atoms with Gasteiger partial charge in [-0.15, -0.1) is 0 Å². The molecule has 1 aliphatic carbocycles. The van der Waals surface area contributed by atoms with Crippen LogP contribution in [0.5, 0.6) is 0 Å². The molecule has 1 saturated carbocycles. The number of alkyl carbamates (subject to hydrolysis) is 1. The van der Waals surface area contributed by atoms with Gasteiger partial charge in [-0.1, -0.05) is 75.2 Å². The van der Waals surface area contributed by atoms with E-state index in [-0.39, 0.29) is 41.8 Å². The van der Waals surface area contributed by atoms with Crippen LogP contribution in [-0.2, 0) is 23.9 Å². The normalized spacial score (nSPS) is 19.4. The van der Waals surface area contributed by atoms with Crippen LogP contribution in [0.2, 0.25) is 0 Å². The Bertz CT molecular complexity index is 1810. The van der Waals surface area contributed by atoms with Gasteiger partial charge in [0.25, 0.3) is 0 Å². The maximum absolute atomic E-state index is 13.6. The summed E-state index contributed by atoms with van der Waals surface area (Å²) in [5.41, 5.74) is 7.28. The number of likely N-dealkylation sites (tertiary alicyclic amines) is 1. The van der Waals surface area contributed by atoms with Gasteiger partial charge in [-0.25, -0.2) is 25.0 Å². The fourth-order valence-electron chi connectivity index (χ4n) is 7.56. The molecule has 0 spiro atoms. The highest BCUT2D eigenvalue weighted by molar-refractivity contribution is 5.89. The van der Waals surface area contributed by atoms with Gasteiger partial charge in [0.2, 0.25) is 17.7 Å². The van der Waals surface area contributed by atoms with E-state index in [0.717, 1.165) is 53.6 Å². The third-order valence-corrected chi connectivity index (χ3v) is 10.7. The van der Waals surface area contributed by atoms with E-state index in [4.69, 9.17) is 9.47 Å². The summed E-state index contributed by atoms with van der Waals surface area (Å²) in [5, 5.41) is 7.09. The van der Waals surface area contributed by atoms with Crippen LogP contribution in [0.1, 0.15) is 96.6 Å². The van der Waals surface area contributed by atoms with Crippen LogP contribution in [0.25, 0.3) is 22.4 Å². The van der Waals surface area contributed by atoms with Gasteiger partial charge in [0.15, 0.2) is 0 Å². The first-order valence-corrected chi connectivity index (χ1v) is 19.2. The number of ether oxygens (including phenoxy) is 2. The Kier molecular flexibility index (Phi) is 13.6. The summed E-state index contributed by atoms with van der Waals surface area (Å²) in [6, 6.07) is 14.7. The minimum Gasteiger partial charge on any atom is -0.453 e. The molecule has 296 valence electrons. The van der Waals surface area contributed by atoms with E-state index in [2.05, 4.69) is 26.0 Å². The van der Waals surface area contributed by atoms with Crippen LogP contribution in [0.4, 0.5) is 9.59 Å². The number of hydrazine groups is 1. The van der Waals surface area contributed by atoms with Crippen LogP contribution < -0.4 is 16.1 Å². The standard InChI is InChI=1S/C41H55N7O7/c1-24(2)35(45-40(52)54-6)39(51)47-22-10-13-34(47)36-42-23-33(44-36)30-20-18-29(19-21-30)28-16-14-27(15-17-28)26(5)43-37(49)31-11-8-9-12-32(31)38(50)48(25(3)4)46-41(53)55-7/h14-21,23-26,31-32,34-35H,8-13,22H2,1-7H3,(H,42,44)(H,43,49)(H,45,52)(H,46,53)/t26-,31?,32?,34-,35-/m0/s1. The second-order valence-electron chi connectivity index (χ2n) is 15.1.